The number of sulfonamides is 1. The minimum atomic E-state index is -4.65. The molecule has 8 heterocycles. The van der Waals surface area contributed by atoms with Crippen LogP contribution in [0, 0.1) is 28.4 Å². The van der Waals surface area contributed by atoms with Gasteiger partial charge in [0.25, 0.3) is 21.6 Å². The molecule has 13 rings (SSSR count). The predicted molar refractivity (Wildman–Crippen MR) is 324 cm³/mol. The van der Waals surface area contributed by atoms with Crippen LogP contribution < -0.4 is 34.2 Å². The Morgan fingerprint density at radius 2 is 1.71 bits per heavy atom. The number of nitro benzene ring substituents is 1. The molecule has 3 aromatic heterocycles. The monoisotopic (exact) mass is 1180 g/mol. The molecule has 2 aliphatic carbocycles. The Morgan fingerprint density at radius 1 is 0.906 bits per heavy atom. The fourth-order valence-electron chi connectivity index (χ4n) is 14.5. The molecule has 22 heteroatoms. The first-order chi connectivity index (χ1) is 41.1. The highest BCUT2D eigenvalue weighted by Crippen LogP contribution is 2.54. The van der Waals surface area contributed by atoms with E-state index in [2.05, 4.69) is 76.8 Å². The highest BCUT2D eigenvalue weighted by atomic mass is 32.2. The third kappa shape index (κ3) is 11.6. The number of nitrogens with zero attached hydrogens (tertiary/aromatic N) is 8. The van der Waals surface area contributed by atoms with Crippen LogP contribution in [0.5, 0.6) is 11.6 Å². The number of morpholine rings is 1. The number of methoxy groups -OCH3 is 1. The molecule has 5 aliphatic heterocycles. The number of ether oxygens (including phenoxy) is 4. The van der Waals surface area contributed by atoms with Crippen molar-refractivity contribution in [1.29, 1.82) is 0 Å². The highest BCUT2D eigenvalue weighted by Gasteiger charge is 2.50. The van der Waals surface area contributed by atoms with Gasteiger partial charge < -0.3 is 49.1 Å². The van der Waals surface area contributed by atoms with Crippen LogP contribution >= 0.6 is 0 Å². The summed E-state index contributed by atoms with van der Waals surface area (Å²) >= 11 is 0. The molecule has 85 heavy (non-hydrogen) atoms. The van der Waals surface area contributed by atoms with Gasteiger partial charge in [-0.25, -0.2) is 18.1 Å². The quantitative estimate of drug-likeness (QED) is 0.0557. The van der Waals surface area contributed by atoms with Crippen LogP contribution in [0.25, 0.3) is 11.0 Å². The van der Waals surface area contributed by atoms with Crippen LogP contribution in [0.3, 0.4) is 0 Å². The molecular weight excluding hydrogens is 1100 g/mol. The van der Waals surface area contributed by atoms with Crippen molar-refractivity contribution in [2.24, 2.45) is 11.3 Å². The van der Waals surface area contributed by atoms with Gasteiger partial charge >= 0.3 is 0 Å². The second-order valence-corrected chi connectivity index (χ2v) is 26.6. The van der Waals surface area contributed by atoms with Crippen LogP contribution in [0.2, 0.25) is 0 Å². The number of nitrogens with one attached hydrogen (secondary N) is 3. The van der Waals surface area contributed by atoms with Gasteiger partial charge in [0.2, 0.25) is 5.88 Å². The molecule has 4 saturated heterocycles. The third-order valence-electron chi connectivity index (χ3n) is 19.4. The number of anilines is 5. The number of pyridine rings is 2. The topological polar surface area (TPSA) is 233 Å². The van der Waals surface area contributed by atoms with E-state index in [-0.39, 0.29) is 34.7 Å². The number of H-pyrrole nitrogens is 1. The number of hydrogen-bond acceptors (Lipinski definition) is 18. The Balaban J connectivity index is 0.736. The number of rotatable bonds is 15. The maximum atomic E-state index is 14.9. The van der Waals surface area contributed by atoms with E-state index in [9.17, 15) is 28.4 Å². The van der Waals surface area contributed by atoms with Gasteiger partial charge in [0.15, 0.2) is 11.6 Å². The lowest BCUT2D eigenvalue weighted by Gasteiger charge is -2.58. The molecule has 21 nitrogen and oxygen atoms in total. The molecule has 7 aliphatic rings. The van der Waals surface area contributed by atoms with Crippen molar-refractivity contribution in [1.82, 2.24) is 29.5 Å². The smallest absolute Gasteiger partial charge is 0.293 e. The predicted octanol–water partition coefficient (Wildman–Crippen LogP) is 8.49. The Bertz CT molecular complexity index is 3570. The fourth-order valence-corrected chi connectivity index (χ4v) is 15.5. The number of nitro groups is 1. The molecule has 6 fully saturated rings. The lowest BCUT2D eigenvalue weighted by molar-refractivity contribution is -0.384. The summed E-state index contributed by atoms with van der Waals surface area (Å²) in [4.78, 5) is 51.3. The van der Waals surface area contributed by atoms with Gasteiger partial charge in [-0.05, 0) is 148 Å². The van der Waals surface area contributed by atoms with Gasteiger partial charge in [-0.1, -0.05) is 24.3 Å². The van der Waals surface area contributed by atoms with Crippen LogP contribution in [0.15, 0.2) is 96.2 Å². The van der Waals surface area contributed by atoms with Crippen LogP contribution in [0.1, 0.15) is 97.8 Å². The summed E-state index contributed by atoms with van der Waals surface area (Å²) in [7, 11) is -2.92. The fraction of sp³-hybridized carbons (Fsp3) is 0.508. The largest absolute Gasteiger partial charge is 0.493 e. The average Bonchev–Trinajstić information content (AvgIpc) is 1.90. The molecule has 0 unspecified atom stereocenters. The minimum absolute atomic E-state index is 0.107. The van der Waals surface area contributed by atoms with E-state index >= 15 is 0 Å². The van der Waals surface area contributed by atoms with E-state index in [4.69, 9.17) is 28.9 Å². The number of amides is 1. The maximum Gasteiger partial charge on any atom is 0.293 e. The molecule has 0 radical (unpaired) electrons. The molecule has 450 valence electrons. The lowest BCUT2D eigenvalue weighted by Crippen LogP contribution is -2.59. The first-order valence-electron chi connectivity index (χ1n) is 30.2. The zero-order valence-electron chi connectivity index (χ0n) is 48.7. The summed E-state index contributed by atoms with van der Waals surface area (Å²) in [6, 6.07) is 24.5. The van der Waals surface area contributed by atoms with Crippen molar-refractivity contribution < 1.29 is 42.2 Å². The summed E-state index contributed by atoms with van der Waals surface area (Å²) in [5, 5.41) is 26.9. The molecule has 2 saturated carbocycles. The van der Waals surface area contributed by atoms with Crippen molar-refractivity contribution in [2.75, 3.05) is 106 Å². The minimum Gasteiger partial charge on any atom is -0.493 e. The molecule has 1 spiro atoms. The summed E-state index contributed by atoms with van der Waals surface area (Å²) < 4.78 is 54.9. The summed E-state index contributed by atoms with van der Waals surface area (Å²) in [5.74, 6) is 1.34. The Kier molecular flexibility index (Phi) is 15.6. The number of aryl methyl sites for hydroxylation is 1. The Hall–Kier alpha value is -7.08. The number of carbonyl (C=O) groups excluding carboxylic acids is 1. The van der Waals surface area contributed by atoms with Crippen molar-refractivity contribution >= 4 is 61.2 Å². The van der Waals surface area contributed by atoms with Gasteiger partial charge in [-0.2, -0.15) is 4.98 Å². The van der Waals surface area contributed by atoms with Gasteiger partial charge in [-0.3, -0.25) is 24.7 Å². The average molecular weight is 1180 g/mol. The molecule has 3 atom stereocenters. The van der Waals surface area contributed by atoms with Crippen LogP contribution in [-0.2, 0) is 26.0 Å². The first-order valence-corrected chi connectivity index (χ1v) is 31.7. The van der Waals surface area contributed by atoms with E-state index in [1.807, 2.05) is 43.6 Å². The number of fused-ring (bicyclic) bond motifs is 3. The molecular formula is C63H77N11O10S. The van der Waals surface area contributed by atoms with Crippen molar-refractivity contribution in [3.8, 4) is 11.6 Å². The van der Waals surface area contributed by atoms with Gasteiger partial charge in [-0.15, -0.1) is 0 Å². The lowest BCUT2D eigenvalue weighted by atomic mass is 9.59. The number of hydrogen-bond donors (Lipinski definition) is 4. The highest BCUT2D eigenvalue weighted by molar-refractivity contribution is 7.90. The summed E-state index contributed by atoms with van der Waals surface area (Å²) in [6.07, 6.45) is 11.0. The van der Waals surface area contributed by atoms with E-state index in [0.717, 1.165) is 125 Å². The number of benzene rings is 3. The Morgan fingerprint density at radius 3 is 2.48 bits per heavy atom. The number of aromatic nitrogens is 3. The van der Waals surface area contributed by atoms with E-state index in [0.29, 0.717) is 81.2 Å². The van der Waals surface area contributed by atoms with Gasteiger partial charge in [0, 0.05) is 107 Å². The van der Waals surface area contributed by atoms with Crippen molar-refractivity contribution in [2.45, 2.75) is 113 Å². The van der Waals surface area contributed by atoms with Gasteiger partial charge in [0.1, 0.15) is 23.1 Å². The molecule has 0 bridgehead atoms. The van der Waals surface area contributed by atoms with Crippen LogP contribution in [-0.4, -0.2) is 159 Å². The van der Waals surface area contributed by atoms with Crippen molar-refractivity contribution in [3.05, 3.63) is 124 Å². The molecule has 3 aromatic carbocycles. The maximum absolute atomic E-state index is 14.9. The third-order valence-corrected chi connectivity index (χ3v) is 20.8. The van der Waals surface area contributed by atoms with Crippen molar-refractivity contribution in [3.63, 3.8) is 0 Å². The SMILES string of the molecule is COc1cc(CN2CCN(C3CC4(CCN(c5ccc(C(=O)NS(=O)(=O)c6ccc(NC[C@H]7CC[C@](C)(O)CC7)c([N+](=O)[O-])c6)c(N6c7cc8cc[nH]c8nc7O[C@H]7COCC[C@@H]76)c5)CC4)C3)[C@H](c3ccccc3C)C2)cnc1N1CCOCC1. The standard InChI is InChI=1S/C63H77N11O10S/c1-41-6-4-5-7-48(41)55-39-69(38-43-30-56(81-3)59(66-37-43)71-25-28-82-29-26-71)23-24-72(55)46-34-63(35-46)18-21-70(22-19-63)45-8-10-49(52(32-45)73-51-15-27-83-40-57(51)84-61-54(73)31-44-14-20-64-58(44)67-61)60(75)68-85(79,80)47-9-11-50(53(33-47)74(77)78)65-36-42-12-16-62(2,76)17-13-42/h4-11,14,20,30-33,37,42,46,51,55,57,65,76H,12-13,15-19,21-29,34-36,38-40H2,1-3H3,(H,64,67)(H,68,75)/t42-,51-,55-,57-,62-/m0/s1. The second kappa shape index (κ2) is 23.3. The number of aliphatic hydroxyl groups is 1. The first kappa shape index (κ1) is 57.0. The molecule has 1 amide bonds. The number of aromatic amines is 1. The summed E-state index contributed by atoms with van der Waals surface area (Å²) in [6.45, 7) is 13.4. The van der Waals surface area contributed by atoms with E-state index in [1.54, 1.807) is 13.2 Å². The second-order valence-electron chi connectivity index (χ2n) is 24.9. The zero-order valence-corrected chi connectivity index (χ0v) is 49.5. The van der Waals surface area contributed by atoms with Crippen LogP contribution in [0.4, 0.5) is 34.3 Å². The number of piperidine rings is 1. The number of carbonyl (C=O) groups is 1. The van der Waals surface area contributed by atoms with E-state index in [1.165, 1.54) is 23.3 Å². The normalized spacial score (nSPS) is 24.7. The summed E-state index contributed by atoms with van der Waals surface area (Å²) in [5.41, 5.74) is 5.82. The van der Waals surface area contributed by atoms with E-state index < -0.39 is 43.1 Å². The molecule has 4 N–H and O–H groups in total. The molecule has 6 aromatic rings. The Labute approximate surface area is 496 Å². The van der Waals surface area contributed by atoms with Gasteiger partial charge in [0.05, 0.1) is 59.6 Å². The number of piperazine rings is 1. The zero-order chi connectivity index (χ0) is 58.6.